The zero-order valence-electron chi connectivity index (χ0n) is 16.2. The van der Waals surface area contributed by atoms with Gasteiger partial charge in [-0.05, 0) is 48.9 Å². The summed E-state index contributed by atoms with van der Waals surface area (Å²) >= 11 is 11.8. The van der Waals surface area contributed by atoms with E-state index in [0.29, 0.717) is 16.7 Å². The first-order valence-electron chi connectivity index (χ1n) is 8.82. The number of nitro groups is 1. The Bertz CT molecular complexity index is 1350. The molecule has 0 unspecified atom stereocenters. The molecule has 32 heavy (non-hydrogen) atoms. The van der Waals surface area contributed by atoms with Crippen LogP contribution in [0.4, 0.5) is 21.5 Å². The summed E-state index contributed by atoms with van der Waals surface area (Å²) in [6, 6.07) is 10.7. The van der Waals surface area contributed by atoms with Crippen molar-refractivity contribution in [3.05, 3.63) is 91.7 Å². The average Bonchev–Trinajstić information content (AvgIpc) is 2.70. The second kappa shape index (κ2) is 9.11. The fourth-order valence-electron chi connectivity index (χ4n) is 2.66. The summed E-state index contributed by atoms with van der Waals surface area (Å²) in [6.07, 6.45) is 0. The van der Waals surface area contributed by atoms with Crippen molar-refractivity contribution in [2.24, 2.45) is 0 Å². The third-order valence-electron chi connectivity index (χ3n) is 4.35. The second-order valence-electron chi connectivity index (χ2n) is 6.58. The summed E-state index contributed by atoms with van der Waals surface area (Å²) < 4.78 is 42.1. The molecule has 166 valence electrons. The Hall–Kier alpha value is -3.21. The van der Waals surface area contributed by atoms with Crippen LogP contribution >= 0.6 is 23.2 Å². The number of halogens is 3. The molecule has 0 aromatic heterocycles. The topological polar surface area (TPSA) is 118 Å². The summed E-state index contributed by atoms with van der Waals surface area (Å²) in [7, 11) is -4.27. The Morgan fingerprint density at radius 3 is 2.38 bits per heavy atom. The molecule has 0 bridgehead atoms. The van der Waals surface area contributed by atoms with E-state index < -0.39 is 31.6 Å². The fourth-order valence-corrected chi connectivity index (χ4v) is 4.29. The van der Waals surface area contributed by atoms with Gasteiger partial charge in [-0.3, -0.25) is 19.6 Å². The van der Waals surface area contributed by atoms with Crippen LogP contribution < -0.4 is 10.0 Å². The minimum atomic E-state index is -4.27. The van der Waals surface area contributed by atoms with Crippen molar-refractivity contribution in [1.82, 2.24) is 0 Å². The minimum absolute atomic E-state index is 0.0191. The number of nitrogens with one attached hydrogen (secondary N) is 2. The standard InChI is InChI=1S/C20H14Cl2FN3O5S/c1-11-2-4-13(26(28)29)9-19(11)25-32(30,31)14-5-7-18(17(23)10-14)24-20(27)15-6-3-12(21)8-16(15)22/h2-10,25H,1H3,(H,24,27). The van der Waals surface area contributed by atoms with E-state index in [0.717, 1.165) is 18.2 Å². The molecule has 0 aliphatic rings. The maximum atomic E-state index is 14.6. The number of carbonyl (C=O) groups is 1. The number of aryl methyl sites for hydroxylation is 1. The van der Waals surface area contributed by atoms with Gasteiger partial charge in [0.05, 0.1) is 31.8 Å². The monoisotopic (exact) mass is 497 g/mol. The van der Waals surface area contributed by atoms with Gasteiger partial charge in [0.25, 0.3) is 21.6 Å². The highest BCUT2D eigenvalue weighted by molar-refractivity contribution is 7.92. The van der Waals surface area contributed by atoms with Crippen LogP contribution in [0.5, 0.6) is 0 Å². The van der Waals surface area contributed by atoms with Crippen molar-refractivity contribution in [2.75, 3.05) is 10.0 Å². The summed E-state index contributed by atoms with van der Waals surface area (Å²) in [6.45, 7) is 1.56. The minimum Gasteiger partial charge on any atom is -0.319 e. The Balaban J connectivity index is 1.84. The van der Waals surface area contributed by atoms with Gasteiger partial charge < -0.3 is 5.32 Å². The van der Waals surface area contributed by atoms with Crippen LogP contribution in [-0.2, 0) is 10.0 Å². The van der Waals surface area contributed by atoms with Crippen LogP contribution in [0.3, 0.4) is 0 Å². The van der Waals surface area contributed by atoms with Crippen LogP contribution in [0.25, 0.3) is 0 Å². The van der Waals surface area contributed by atoms with Crippen molar-refractivity contribution in [3.8, 4) is 0 Å². The van der Waals surface area contributed by atoms with Crippen molar-refractivity contribution in [3.63, 3.8) is 0 Å². The molecule has 3 rings (SSSR count). The van der Waals surface area contributed by atoms with E-state index in [-0.39, 0.29) is 27.6 Å². The highest BCUT2D eigenvalue weighted by Gasteiger charge is 2.20. The number of hydrogen-bond acceptors (Lipinski definition) is 5. The van der Waals surface area contributed by atoms with Crippen LogP contribution in [0.1, 0.15) is 15.9 Å². The molecule has 0 saturated heterocycles. The van der Waals surface area contributed by atoms with E-state index in [1.54, 1.807) is 6.92 Å². The summed E-state index contributed by atoms with van der Waals surface area (Å²) in [5.41, 5.74) is -0.113. The third kappa shape index (κ3) is 5.16. The number of amides is 1. The maximum absolute atomic E-state index is 14.6. The molecule has 0 aliphatic carbocycles. The smallest absolute Gasteiger partial charge is 0.271 e. The van der Waals surface area contributed by atoms with Crippen LogP contribution in [-0.4, -0.2) is 19.2 Å². The summed E-state index contributed by atoms with van der Waals surface area (Å²) in [4.78, 5) is 22.2. The van der Waals surface area contributed by atoms with E-state index in [1.807, 2.05) is 0 Å². The highest BCUT2D eigenvalue weighted by Crippen LogP contribution is 2.27. The molecule has 8 nitrogen and oxygen atoms in total. The van der Waals surface area contributed by atoms with E-state index in [4.69, 9.17) is 23.2 Å². The lowest BCUT2D eigenvalue weighted by Gasteiger charge is -2.12. The summed E-state index contributed by atoms with van der Waals surface area (Å²) in [5, 5.41) is 13.6. The lowest BCUT2D eigenvalue weighted by molar-refractivity contribution is -0.384. The Kier molecular flexibility index (Phi) is 6.68. The molecule has 1 amide bonds. The number of anilines is 2. The molecular weight excluding hydrogens is 484 g/mol. The fraction of sp³-hybridized carbons (Fsp3) is 0.0500. The predicted octanol–water partition coefficient (Wildman–Crippen LogP) is 5.40. The molecular formula is C20H14Cl2FN3O5S. The highest BCUT2D eigenvalue weighted by atomic mass is 35.5. The first kappa shape index (κ1) is 23.5. The molecule has 0 saturated carbocycles. The number of hydrogen-bond donors (Lipinski definition) is 2. The molecule has 3 aromatic rings. The molecule has 0 heterocycles. The van der Waals surface area contributed by atoms with Crippen LogP contribution in [0, 0.1) is 22.9 Å². The van der Waals surface area contributed by atoms with Crippen molar-refractivity contribution >= 4 is 56.2 Å². The van der Waals surface area contributed by atoms with Gasteiger partial charge >= 0.3 is 0 Å². The molecule has 2 N–H and O–H groups in total. The van der Waals surface area contributed by atoms with Gasteiger partial charge in [-0.25, -0.2) is 12.8 Å². The zero-order chi connectivity index (χ0) is 23.6. The number of rotatable bonds is 6. The van der Waals surface area contributed by atoms with Gasteiger partial charge in [0.2, 0.25) is 0 Å². The number of carbonyl (C=O) groups excluding carboxylic acids is 1. The van der Waals surface area contributed by atoms with Crippen LogP contribution in [0.15, 0.2) is 59.5 Å². The normalized spacial score (nSPS) is 11.1. The molecule has 0 atom stereocenters. The molecule has 12 heteroatoms. The van der Waals surface area contributed by atoms with Gasteiger partial charge in [-0.15, -0.1) is 0 Å². The van der Waals surface area contributed by atoms with E-state index in [2.05, 4.69) is 10.0 Å². The average molecular weight is 498 g/mol. The van der Waals surface area contributed by atoms with E-state index in [1.165, 1.54) is 30.3 Å². The van der Waals surface area contributed by atoms with Crippen LogP contribution in [0.2, 0.25) is 10.0 Å². The predicted molar refractivity (Wildman–Crippen MR) is 119 cm³/mol. The Morgan fingerprint density at radius 1 is 1.03 bits per heavy atom. The molecule has 3 aromatic carbocycles. The van der Waals surface area contributed by atoms with Gasteiger partial charge in [-0.1, -0.05) is 29.3 Å². The lowest BCUT2D eigenvalue weighted by Crippen LogP contribution is -2.16. The Morgan fingerprint density at radius 2 is 1.75 bits per heavy atom. The molecule has 0 spiro atoms. The zero-order valence-corrected chi connectivity index (χ0v) is 18.6. The quantitative estimate of drug-likeness (QED) is 0.349. The molecule has 0 radical (unpaired) electrons. The first-order chi connectivity index (χ1) is 15.0. The molecule has 0 fully saturated rings. The SMILES string of the molecule is Cc1ccc([N+](=O)[O-])cc1NS(=O)(=O)c1ccc(NC(=O)c2ccc(Cl)cc2Cl)c(F)c1. The Labute approximate surface area is 192 Å². The van der Waals surface area contributed by atoms with Gasteiger partial charge in [0, 0.05) is 17.2 Å². The van der Waals surface area contributed by atoms with Crippen molar-refractivity contribution in [1.29, 1.82) is 0 Å². The van der Waals surface area contributed by atoms with Gasteiger partial charge in [0.1, 0.15) is 5.82 Å². The van der Waals surface area contributed by atoms with E-state index in [9.17, 15) is 27.7 Å². The second-order valence-corrected chi connectivity index (χ2v) is 9.11. The third-order valence-corrected chi connectivity index (χ3v) is 6.26. The number of sulfonamides is 1. The van der Waals surface area contributed by atoms with Crippen molar-refractivity contribution < 1.29 is 22.5 Å². The maximum Gasteiger partial charge on any atom is 0.271 e. The lowest BCUT2D eigenvalue weighted by atomic mass is 10.2. The van der Waals surface area contributed by atoms with Gasteiger partial charge in [-0.2, -0.15) is 0 Å². The number of nitrogens with zero attached hydrogens (tertiary/aromatic N) is 1. The summed E-state index contributed by atoms with van der Waals surface area (Å²) in [5.74, 6) is -1.73. The molecule has 0 aliphatic heterocycles. The number of nitro benzene ring substituents is 1. The van der Waals surface area contributed by atoms with Gasteiger partial charge in [0.15, 0.2) is 0 Å². The number of benzene rings is 3. The first-order valence-corrected chi connectivity index (χ1v) is 11.1. The largest absolute Gasteiger partial charge is 0.319 e. The number of non-ortho nitro benzene ring substituents is 1. The van der Waals surface area contributed by atoms with E-state index >= 15 is 0 Å². The van der Waals surface area contributed by atoms with Crippen molar-refractivity contribution in [2.45, 2.75) is 11.8 Å².